The van der Waals surface area contributed by atoms with Crippen molar-refractivity contribution in [3.63, 3.8) is 0 Å². The van der Waals surface area contributed by atoms with Gasteiger partial charge < -0.3 is 15.4 Å². The van der Waals surface area contributed by atoms with Gasteiger partial charge in [-0.3, -0.25) is 4.79 Å². The van der Waals surface area contributed by atoms with Gasteiger partial charge in [-0.05, 0) is 43.5 Å². The SMILES string of the molecule is COC1CCC(NCC(=O)Nc2ccc(F)cc2)C1. The number of ether oxygens (including phenoxy) is 1. The van der Waals surface area contributed by atoms with Crippen LogP contribution in [-0.2, 0) is 9.53 Å². The molecular formula is C14H19FN2O2. The standard InChI is InChI=1S/C14H19FN2O2/c1-19-13-7-6-12(8-13)16-9-14(18)17-11-4-2-10(15)3-5-11/h2-5,12-13,16H,6-9H2,1H3,(H,17,18). The number of hydrogen-bond acceptors (Lipinski definition) is 3. The van der Waals surface area contributed by atoms with E-state index in [1.807, 2.05) is 0 Å². The zero-order chi connectivity index (χ0) is 13.7. The van der Waals surface area contributed by atoms with Crippen LogP contribution in [-0.4, -0.2) is 31.7 Å². The third kappa shape index (κ3) is 4.29. The first-order chi connectivity index (χ1) is 9.17. The minimum Gasteiger partial charge on any atom is -0.381 e. The average molecular weight is 266 g/mol. The summed E-state index contributed by atoms with van der Waals surface area (Å²) in [6.07, 6.45) is 3.31. The molecule has 19 heavy (non-hydrogen) atoms. The van der Waals surface area contributed by atoms with Crippen LogP contribution in [0.3, 0.4) is 0 Å². The highest BCUT2D eigenvalue weighted by molar-refractivity contribution is 5.92. The van der Waals surface area contributed by atoms with Gasteiger partial charge in [-0.2, -0.15) is 0 Å². The molecule has 0 aliphatic heterocycles. The molecule has 0 bridgehead atoms. The van der Waals surface area contributed by atoms with Gasteiger partial charge in [0, 0.05) is 18.8 Å². The van der Waals surface area contributed by atoms with Crippen molar-refractivity contribution in [1.82, 2.24) is 5.32 Å². The van der Waals surface area contributed by atoms with Crippen LogP contribution in [0.2, 0.25) is 0 Å². The molecule has 2 N–H and O–H groups in total. The summed E-state index contributed by atoms with van der Waals surface area (Å²) in [5.74, 6) is -0.430. The number of carbonyl (C=O) groups excluding carboxylic acids is 1. The summed E-state index contributed by atoms with van der Waals surface area (Å²) in [4.78, 5) is 11.7. The fraction of sp³-hybridized carbons (Fsp3) is 0.500. The van der Waals surface area contributed by atoms with Crippen LogP contribution < -0.4 is 10.6 Å². The number of carbonyl (C=O) groups is 1. The van der Waals surface area contributed by atoms with E-state index in [0.717, 1.165) is 19.3 Å². The van der Waals surface area contributed by atoms with Gasteiger partial charge in [0.05, 0.1) is 12.6 Å². The minimum absolute atomic E-state index is 0.118. The number of amides is 1. The Morgan fingerprint density at radius 3 is 2.74 bits per heavy atom. The van der Waals surface area contributed by atoms with E-state index < -0.39 is 0 Å². The van der Waals surface area contributed by atoms with Crippen molar-refractivity contribution < 1.29 is 13.9 Å². The first-order valence-electron chi connectivity index (χ1n) is 6.49. The Bertz CT molecular complexity index is 422. The second-order valence-corrected chi connectivity index (χ2v) is 4.80. The van der Waals surface area contributed by atoms with E-state index in [4.69, 9.17) is 4.74 Å². The molecule has 1 saturated carbocycles. The molecule has 1 aromatic carbocycles. The number of anilines is 1. The smallest absolute Gasteiger partial charge is 0.238 e. The molecule has 1 aromatic rings. The lowest BCUT2D eigenvalue weighted by Crippen LogP contribution is -2.35. The molecule has 0 spiro atoms. The summed E-state index contributed by atoms with van der Waals surface area (Å²) in [6, 6.07) is 6.07. The molecule has 0 radical (unpaired) electrons. The zero-order valence-corrected chi connectivity index (χ0v) is 11.0. The molecule has 5 heteroatoms. The number of hydrogen-bond donors (Lipinski definition) is 2. The fourth-order valence-corrected chi connectivity index (χ4v) is 2.32. The van der Waals surface area contributed by atoms with Crippen molar-refractivity contribution in [2.24, 2.45) is 0 Å². The quantitative estimate of drug-likeness (QED) is 0.856. The molecule has 4 nitrogen and oxygen atoms in total. The lowest BCUT2D eigenvalue weighted by Gasteiger charge is -2.12. The van der Waals surface area contributed by atoms with Gasteiger partial charge in [-0.25, -0.2) is 4.39 Å². The summed E-state index contributed by atoms with van der Waals surface area (Å²) in [6.45, 7) is 0.262. The van der Waals surface area contributed by atoms with E-state index in [9.17, 15) is 9.18 Å². The summed E-state index contributed by atoms with van der Waals surface area (Å²) in [7, 11) is 1.72. The lowest BCUT2D eigenvalue weighted by atomic mass is 10.2. The maximum Gasteiger partial charge on any atom is 0.238 e. The monoisotopic (exact) mass is 266 g/mol. The first kappa shape index (κ1) is 14.0. The first-order valence-corrected chi connectivity index (χ1v) is 6.49. The number of rotatable bonds is 5. The maximum atomic E-state index is 12.7. The van der Waals surface area contributed by atoms with Crippen LogP contribution in [0.1, 0.15) is 19.3 Å². The van der Waals surface area contributed by atoms with Crippen LogP contribution >= 0.6 is 0 Å². The molecule has 0 saturated heterocycles. The second kappa shape index (κ2) is 6.63. The molecule has 2 atom stereocenters. The minimum atomic E-state index is -0.312. The number of benzene rings is 1. The molecule has 0 aromatic heterocycles. The van der Waals surface area contributed by atoms with Gasteiger partial charge in [-0.1, -0.05) is 0 Å². The Morgan fingerprint density at radius 2 is 2.11 bits per heavy atom. The topological polar surface area (TPSA) is 50.4 Å². The van der Waals surface area contributed by atoms with Crippen LogP contribution in [0.15, 0.2) is 24.3 Å². The third-order valence-corrected chi connectivity index (χ3v) is 3.40. The lowest BCUT2D eigenvalue weighted by molar-refractivity contribution is -0.115. The Balaban J connectivity index is 1.71. The normalized spacial score (nSPS) is 22.4. The Labute approximate surface area is 112 Å². The Kier molecular flexibility index (Phi) is 4.87. The molecule has 104 valence electrons. The van der Waals surface area contributed by atoms with Crippen molar-refractivity contribution in [3.05, 3.63) is 30.1 Å². The van der Waals surface area contributed by atoms with E-state index in [1.165, 1.54) is 12.1 Å². The van der Waals surface area contributed by atoms with Gasteiger partial charge in [0.2, 0.25) is 5.91 Å². The largest absolute Gasteiger partial charge is 0.381 e. The van der Waals surface area contributed by atoms with Crippen molar-refractivity contribution in [3.8, 4) is 0 Å². The maximum absolute atomic E-state index is 12.7. The highest BCUT2D eigenvalue weighted by Gasteiger charge is 2.24. The summed E-state index contributed by atoms with van der Waals surface area (Å²) in [5, 5.41) is 5.93. The van der Waals surface area contributed by atoms with E-state index in [2.05, 4.69) is 10.6 Å². The Morgan fingerprint density at radius 1 is 1.37 bits per heavy atom. The third-order valence-electron chi connectivity index (χ3n) is 3.40. The van der Waals surface area contributed by atoms with Crippen LogP contribution in [0.25, 0.3) is 0 Å². The van der Waals surface area contributed by atoms with Crippen molar-refractivity contribution in [2.75, 3.05) is 19.0 Å². The van der Waals surface area contributed by atoms with Gasteiger partial charge in [-0.15, -0.1) is 0 Å². The molecular weight excluding hydrogens is 247 g/mol. The van der Waals surface area contributed by atoms with Crippen LogP contribution in [0, 0.1) is 5.82 Å². The van der Waals surface area contributed by atoms with E-state index in [1.54, 1.807) is 19.2 Å². The van der Waals surface area contributed by atoms with Crippen molar-refractivity contribution >= 4 is 11.6 Å². The Hall–Kier alpha value is -1.46. The highest BCUT2D eigenvalue weighted by atomic mass is 19.1. The van der Waals surface area contributed by atoms with E-state index >= 15 is 0 Å². The molecule has 1 fully saturated rings. The predicted octanol–water partition coefficient (Wildman–Crippen LogP) is 1.92. The van der Waals surface area contributed by atoms with Gasteiger partial charge in [0.15, 0.2) is 0 Å². The van der Waals surface area contributed by atoms with E-state index in [-0.39, 0.29) is 18.3 Å². The number of nitrogens with one attached hydrogen (secondary N) is 2. The van der Waals surface area contributed by atoms with Gasteiger partial charge >= 0.3 is 0 Å². The molecule has 2 unspecified atom stereocenters. The summed E-state index contributed by atoms with van der Waals surface area (Å²) < 4.78 is 18.0. The van der Waals surface area contributed by atoms with Crippen molar-refractivity contribution in [2.45, 2.75) is 31.4 Å². The molecule has 1 aliphatic carbocycles. The molecule has 1 amide bonds. The van der Waals surface area contributed by atoms with Crippen LogP contribution in [0.4, 0.5) is 10.1 Å². The number of methoxy groups -OCH3 is 1. The zero-order valence-electron chi connectivity index (χ0n) is 11.0. The summed E-state index contributed by atoms with van der Waals surface area (Å²) in [5.41, 5.74) is 0.606. The van der Waals surface area contributed by atoms with Gasteiger partial charge in [0.25, 0.3) is 0 Å². The van der Waals surface area contributed by atoms with E-state index in [0.29, 0.717) is 17.8 Å². The van der Waals surface area contributed by atoms with Crippen LogP contribution in [0.5, 0.6) is 0 Å². The summed E-state index contributed by atoms with van der Waals surface area (Å²) >= 11 is 0. The second-order valence-electron chi connectivity index (χ2n) is 4.80. The van der Waals surface area contributed by atoms with Crippen molar-refractivity contribution in [1.29, 1.82) is 0 Å². The highest BCUT2D eigenvalue weighted by Crippen LogP contribution is 2.21. The number of halogens is 1. The predicted molar refractivity (Wildman–Crippen MR) is 71.5 cm³/mol. The molecule has 2 rings (SSSR count). The fourth-order valence-electron chi connectivity index (χ4n) is 2.32. The molecule has 1 aliphatic rings. The molecule has 0 heterocycles. The average Bonchev–Trinajstić information content (AvgIpc) is 2.87. The van der Waals surface area contributed by atoms with Gasteiger partial charge in [0.1, 0.15) is 5.82 Å².